The maximum absolute atomic E-state index is 13.4. The Morgan fingerprint density at radius 1 is 0.895 bits per heavy atom. The number of anilines is 4. The van der Waals surface area contributed by atoms with Crippen LogP contribution in [0.15, 0.2) is 61.2 Å². The van der Waals surface area contributed by atoms with Gasteiger partial charge >= 0.3 is 5.97 Å². The Morgan fingerprint density at radius 3 is 2.32 bits per heavy atom. The van der Waals surface area contributed by atoms with Gasteiger partial charge in [0.25, 0.3) is 5.91 Å². The van der Waals surface area contributed by atoms with E-state index in [1.165, 1.54) is 26.6 Å². The van der Waals surface area contributed by atoms with Crippen molar-refractivity contribution >= 4 is 34.9 Å². The molecule has 3 aromatic heterocycles. The number of nitrogens with zero attached hydrogens (tertiary/aromatic N) is 4. The van der Waals surface area contributed by atoms with Crippen LogP contribution >= 0.6 is 0 Å². The van der Waals surface area contributed by atoms with E-state index in [9.17, 15) is 14.0 Å². The quantitative estimate of drug-likeness (QED) is 0.278. The molecule has 4 aromatic rings. The van der Waals surface area contributed by atoms with Gasteiger partial charge in [-0.15, -0.1) is 0 Å². The normalized spacial score (nSPS) is 10.4. The number of benzene rings is 1. The molecule has 194 valence electrons. The summed E-state index contributed by atoms with van der Waals surface area (Å²) in [6.07, 6.45) is 4.95. The molecule has 0 saturated heterocycles. The molecule has 0 atom stereocenters. The van der Waals surface area contributed by atoms with Crippen LogP contribution in [0.5, 0.6) is 5.75 Å². The van der Waals surface area contributed by atoms with Crippen molar-refractivity contribution in [3.05, 3.63) is 78.1 Å². The number of aromatic nitrogens is 4. The number of carbonyl (C=O) groups excluding carboxylic acids is 2. The number of pyridine rings is 2. The van der Waals surface area contributed by atoms with Gasteiger partial charge in [-0.3, -0.25) is 4.79 Å². The fourth-order valence-corrected chi connectivity index (χ4v) is 3.53. The summed E-state index contributed by atoms with van der Waals surface area (Å²) in [5.74, 6) is 0.0982. The fourth-order valence-electron chi connectivity index (χ4n) is 3.53. The smallest absolute Gasteiger partial charge is 0.339 e. The SMILES string of the molecule is CCNC(=O)c1cnc(Nc2ccc(C(=O)OC)cn2)cc1Nc1cccc(-c2ncc(F)cn2)c1OC. The zero-order valence-electron chi connectivity index (χ0n) is 20.8. The third kappa shape index (κ3) is 5.81. The Kier molecular flexibility index (Phi) is 8.01. The highest BCUT2D eigenvalue weighted by atomic mass is 19.1. The number of amides is 1. The molecule has 1 aromatic carbocycles. The number of halogens is 1. The molecule has 0 aliphatic carbocycles. The molecule has 1 amide bonds. The van der Waals surface area contributed by atoms with Gasteiger partial charge in [0.2, 0.25) is 0 Å². The molecule has 0 aliphatic rings. The molecule has 12 heteroatoms. The summed E-state index contributed by atoms with van der Waals surface area (Å²) in [5, 5.41) is 9.05. The van der Waals surface area contributed by atoms with Gasteiger partial charge in [0.05, 0.1) is 54.7 Å². The van der Waals surface area contributed by atoms with Crippen LogP contribution < -0.4 is 20.7 Å². The summed E-state index contributed by atoms with van der Waals surface area (Å²) < 4.78 is 23.7. The highest BCUT2D eigenvalue weighted by molar-refractivity contribution is 6.01. The average molecular weight is 518 g/mol. The second kappa shape index (κ2) is 11.7. The van der Waals surface area contributed by atoms with Crippen molar-refractivity contribution in [1.82, 2.24) is 25.3 Å². The number of para-hydroxylation sites is 1. The third-order valence-electron chi connectivity index (χ3n) is 5.28. The summed E-state index contributed by atoms with van der Waals surface area (Å²) in [4.78, 5) is 41.1. The van der Waals surface area contributed by atoms with Crippen LogP contribution in [0.2, 0.25) is 0 Å². The Hall–Kier alpha value is -5.13. The van der Waals surface area contributed by atoms with Crippen LogP contribution in [-0.2, 0) is 4.74 Å². The zero-order valence-corrected chi connectivity index (χ0v) is 20.8. The monoisotopic (exact) mass is 517 g/mol. The number of methoxy groups -OCH3 is 2. The van der Waals surface area contributed by atoms with Crippen LogP contribution in [0.25, 0.3) is 11.4 Å². The molecule has 3 N–H and O–H groups in total. The van der Waals surface area contributed by atoms with E-state index in [1.807, 2.05) is 6.92 Å². The van der Waals surface area contributed by atoms with Gasteiger partial charge in [0.15, 0.2) is 17.4 Å². The second-order valence-electron chi connectivity index (χ2n) is 7.76. The van der Waals surface area contributed by atoms with Crippen LogP contribution in [-0.4, -0.2) is 52.6 Å². The maximum atomic E-state index is 13.4. The minimum atomic E-state index is -0.556. The molecular weight excluding hydrogens is 493 g/mol. The van der Waals surface area contributed by atoms with E-state index in [1.54, 1.807) is 36.4 Å². The Balaban J connectivity index is 1.69. The summed E-state index contributed by atoms with van der Waals surface area (Å²) >= 11 is 0. The van der Waals surface area contributed by atoms with Gasteiger partial charge in [0.1, 0.15) is 11.6 Å². The van der Waals surface area contributed by atoms with Crippen LogP contribution in [0.1, 0.15) is 27.6 Å². The Bertz CT molecular complexity index is 1450. The first-order valence-corrected chi connectivity index (χ1v) is 11.4. The van der Waals surface area contributed by atoms with E-state index < -0.39 is 11.8 Å². The van der Waals surface area contributed by atoms with Gasteiger partial charge < -0.3 is 25.4 Å². The molecule has 0 unspecified atom stereocenters. The first-order chi connectivity index (χ1) is 18.4. The summed E-state index contributed by atoms with van der Waals surface area (Å²) in [6.45, 7) is 2.24. The summed E-state index contributed by atoms with van der Waals surface area (Å²) in [5.41, 5.74) is 2.06. The Morgan fingerprint density at radius 2 is 1.66 bits per heavy atom. The van der Waals surface area contributed by atoms with E-state index in [4.69, 9.17) is 9.47 Å². The Labute approximate surface area is 217 Å². The van der Waals surface area contributed by atoms with Crippen molar-refractivity contribution in [2.75, 3.05) is 31.4 Å². The van der Waals surface area contributed by atoms with Crippen molar-refractivity contribution in [1.29, 1.82) is 0 Å². The van der Waals surface area contributed by atoms with Crippen molar-refractivity contribution in [2.45, 2.75) is 6.92 Å². The van der Waals surface area contributed by atoms with E-state index in [2.05, 4.69) is 35.9 Å². The average Bonchev–Trinajstić information content (AvgIpc) is 2.93. The maximum Gasteiger partial charge on any atom is 0.339 e. The lowest BCUT2D eigenvalue weighted by Crippen LogP contribution is -2.24. The number of rotatable bonds is 9. The van der Waals surface area contributed by atoms with Crippen molar-refractivity contribution < 1.29 is 23.5 Å². The topological polar surface area (TPSA) is 140 Å². The van der Waals surface area contributed by atoms with E-state index in [0.29, 0.717) is 46.4 Å². The predicted octanol–water partition coefficient (Wildman–Crippen LogP) is 4.10. The highest BCUT2D eigenvalue weighted by Gasteiger charge is 2.18. The van der Waals surface area contributed by atoms with E-state index in [0.717, 1.165) is 12.4 Å². The summed E-state index contributed by atoms with van der Waals surface area (Å²) in [7, 11) is 2.78. The van der Waals surface area contributed by atoms with E-state index >= 15 is 0 Å². The van der Waals surface area contributed by atoms with Crippen LogP contribution in [0, 0.1) is 5.82 Å². The first-order valence-electron chi connectivity index (χ1n) is 11.4. The predicted molar refractivity (Wildman–Crippen MR) is 138 cm³/mol. The largest absolute Gasteiger partial charge is 0.494 e. The minimum Gasteiger partial charge on any atom is -0.494 e. The molecule has 0 saturated carbocycles. The third-order valence-corrected chi connectivity index (χ3v) is 5.28. The number of carbonyl (C=O) groups is 2. The van der Waals surface area contributed by atoms with Crippen molar-refractivity contribution in [3.63, 3.8) is 0 Å². The molecule has 0 aliphatic heterocycles. The van der Waals surface area contributed by atoms with Gasteiger partial charge in [-0.05, 0) is 31.2 Å². The van der Waals surface area contributed by atoms with Gasteiger partial charge in [0, 0.05) is 25.0 Å². The summed E-state index contributed by atoms with van der Waals surface area (Å²) in [6, 6.07) is 10.1. The molecule has 4 rings (SSSR count). The van der Waals surface area contributed by atoms with Crippen LogP contribution in [0.3, 0.4) is 0 Å². The van der Waals surface area contributed by atoms with Crippen LogP contribution in [0.4, 0.5) is 27.4 Å². The molecule has 0 fully saturated rings. The standard InChI is InChI=1S/C26H24FN7O4/c1-4-28-25(35)18-14-30-22(34-21-9-8-15(11-29-21)26(36)38-3)10-20(18)33-19-7-5-6-17(23(19)37-2)24-31-12-16(27)13-32-24/h5-14H,4H2,1-3H3,(H,28,35)(H2,29,30,33,34). The first kappa shape index (κ1) is 25.9. The number of nitrogens with one attached hydrogen (secondary N) is 3. The number of hydrogen-bond donors (Lipinski definition) is 3. The van der Waals surface area contributed by atoms with E-state index in [-0.39, 0.29) is 17.3 Å². The fraction of sp³-hybridized carbons (Fsp3) is 0.154. The lowest BCUT2D eigenvalue weighted by atomic mass is 10.1. The molecular formula is C26H24FN7O4. The van der Waals surface area contributed by atoms with Gasteiger partial charge in [-0.1, -0.05) is 6.07 Å². The lowest BCUT2D eigenvalue weighted by molar-refractivity contribution is 0.0600. The molecule has 3 heterocycles. The molecule has 0 bridgehead atoms. The number of hydrogen-bond acceptors (Lipinski definition) is 10. The van der Waals surface area contributed by atoms with Crippen molar-refractivity contribution in [3.8, 4) is 17.1 Å². The lowest BCUT2D eigenvalue weighted by Gasteiger charge is -2.17. The molecule has 11 nitrogen and oxygen atoms in total. The van der Waals surface area contributed by atoms with Crippen molar-refractivity contribution in [2.24, 2.45) is 0 Å². The van der Waals surface area contributed by atoms with Gasteiger partial charge in [-0.2, -0.15) is 0 Å². The molecule has 38 heavy (non-hydrogen) atoms. The highest BCUT2D eigenvalue weighted by Crippen LogP contribution is 2.37. The molecule has 0 radical (unpaired) electrons. The zero-order chi connectivity index (χ0) is 27.1. The van der Waals surface area contributed by atoms with Gasteiger partial charge in [-0.25, -0.2) is 29.1 Å². The molecule has 0 spiro atoms. The minimum absolute atomic E-state index is 0.273. The second-order valence-corrected chi connectivity index (χ2v) is 7.76. The number of ether oxygens (including phenoxy) is 2. The number of esters is 1.